The summed E-state index contributed by atoms with van der Waals surface area (Å²) in [6.07, 6.45) is 0. The fourth-order valence-electron chi connectivity index (χ4n) is 2.28. The Bertz CT molecular complexity index is 775. The van der Waals surface area contributed by atoms with Crippen molar-refractivity contribution >= 4 is 5.97 Å². The van der Waals surface area contributed by atoms with E-state index < -0.39 is 17.0 Å². The number of aromatic nitrogens is 2. The normalized spacial score (nSPS) is 16.5. The van der Waals surface area contributed by atoms with Gasteiger partial charge >= 0.3 is 5.97 Å². The molecule has 0 amide bonds. The topological polar surface area (TPSA) is 74.5 Å². The molecule has 24 heavy (non-hydrogen) atoms. The molecule has 128 valence electrons. The van der Waals surface area contributed by atoms with E-state index >= 15 is 0 Å². The largest absolute Gasteiger partial charge is 0.459 e. The van der Waals surface area contributed by atoms with Gasteiger partial charge in [0.25, 0.3) is 0 Å². The first-order chi connectivity index (χ1) is 11.2. The molecule has 0 atom stereocenters. The van der Waals surface area contributed by atoms with Gasteiger partial charge in [-0.15, -0.1) is 0 Å². The zero-order valence-electron chi connectivity index (χ0n) is 14.1. The molecule has 1 aliphatic heterocycles. The molecule has 0 saturated carbocycles. The molecule has 2 heterocycles. The third-order valence-corrected chi connectivity index (χ3v) is 3.75. The molecule has 1 aromatic heterocycles. The number of benzene rings is 1. The van der Waals surface area contributed by atoms with E-state index in [1.807, 2.05) is 0 Å². The predicted octanol–water partition coefficient (Wildman–Crippen LogP) is 2.79. The quantitative estimate of drug-likeness (QED) is 0.804. The second-order valence-corrected chi connectivity index (χ2v) is 6.96. The Morgan fingerprint density at radius 2 is 2.04 bits per heavy atom. The molecule has 1 fully saturated rings. The van der Waals surface area contributed by atoms with Gasteiger partial charge in [0, 0.05) is 5.56 Å². The Morgan fingerprint density at radius 3 is 2.58 bits per heavy atom. The van der Waals surface area contributed by atoms with Crippen molar-refractivity contribution < 1.29 is 23.2 Å². The van der Waals surface area contributed by atoms with Crippen LogP contribution in [0.4, 0.5) is 4.39 Å². The zero-order chi connectivity index (χ0) is 17.5. The monoisotopic (exact) mass is 334 g/mol. The van der Waals surface area contributed by atoms with Gasteiger partial charge in [-0.25, -0.2) is 4.39 Å². The zero-order valence-corrected chi connectivity index (χ0v) is 14.1. The first-order valence-corrected chi connectivity index (χ1v) is 7.63. The highest BCUT2D eigenvalue weighted by atomic mass is 19.1. The SMILES string of the molecule is Cc1ccc(-c2noc(C3(C(=O)OC(C)(C)C)COC3)n2)cc1F. The van der Waals surface area contributed by atoms with Crippen molar-refractivity contribution in [1.82, 2.24) is 10.1 Å². The maximum absolute atomic E-state index is 13.7. The number of ether oxygens (including phenoxy) is 2. The summed E-state index contributed by atoms with van der Waals surface area (Å²) in [5, 5.41) is 3.87. The van der Waals surface area contributed by atoms with Crippen LogP contribution in [-0.4, -0.2) is 34.9 Å². The molecule has 1 aromatic carbocycles. The van der Waals surface area contributed by atoms with Gasteiger partial charge in [0.2, 0.25) is 11.7 Å². The molecule has 2 aromatic rings. The fourth-order valence-corrected chi connectivity index (χ4v) is 2.28. The lowest BCUT2D eigenvalue weighted by molar-refractivity contribution is -0.183. The van der Waals surface area contributed by atoms with Gasteiger partial charge in [-0.05, 0) is 39.3 Å². The molecule has 0 spiro atoms. The fraction of sp³-hybridized carbons (Fsp3) is 0.471. The molecule has 1 aliphatic rings. The molecule has 0 unspecified atom stereocenters. The van der Waals surface area contributed by atoms with E-state index in [0.29, 0.717) is 11.1 Å². The number of carbonyl (C=O) groups is 1. The van der Waals surface area contributed by atoms with Crippen LogP contribution in [0.5, 0.6) is 0 Å². The average Bonchev–Trinajstić information content (AvgIpc) is 2.88. The van der Waals surface area contributed by atoms with Gasteiger partial charge in [-0.3, -0.25) is 4.79 Å². The summed E-state index contributed by atoms with van der Waals surface area (Å²) in [6, 6.07) is 4.67. The van der Waals surface area contributed by atoms with E-state index in [-0.39, 0.29) is 30.7 Å². The highest BCUT2D eigenvalue weighted by molar-refractivity contribution is 5.83. The summed E-state index contributed by atoms with van der Waals surface area (Å²) in [4.78, 5) is 16.8. The van der Waals surface area contributed by atoms with Crippen LogP contribution in [0.25, 0.3) is 11.4 Å². The number of aryl methyl sites for hydroxylation is 1. The van der Waals surface area contributed by atoms with Crippen molar-refractivity contribution in [2.45, 2.75) is 38.7 Å². The smallest absolute Gasteiger partial charge is 0.327 e. The Kier molecular flexibility index (Phi) is 3.91. The number of carbonyl (C=O) groups excluding carboxylic acids is 1. The average molecular weight is 334 g/mol. The van der Waals surface area contributed by atoms with Crippen LogP contribution >= 0.6 is 0 Å². The van der Waals surface area contributed by atoms with Crippen LogP contribution in [0.3, 0.4) is 0 Å². The van der Waals surface area contributed by atoms with Crippen molar-refractivity contribution in [2.75, 3.05) is 13.2 Å². The molecule has 0 radical (unpaired) electrons. The lowest BCUT2D eigenvalue weighted by Crippen LogP contribution is -2.55. The Balaban J connectivity index is 1.90. The Hall–Kier alpha value is -2.28. The number of rotatable bonds is 3. The van der Waals surface area contributed by atoms with Crippen LogP contribution in [0.15, 0.2) is 22.7 Å². The van der Waals surface area contributed by atoms with Crippen LogP contribution in [-0.2, 0) is 19.7 Å². The summed E-state index contributed by atoms with van der Waals surface area (Å²) in [5.74, 6) is -0.475. The van der Waals surface area contributed by atoms with Gasteiger partial charge in [-0.1, -0.05) is 17.3 Å². The number of halogens is 1. The third kappa shape index (κ3) is 2.91. The molecule has 6 nitrogen and oxygen atoms in total. The minimum Gasteiger partial charge on any atom is -0.459 e. The van der Waals surface area contributed by atoms with Gasteiger partial charge in [0.1, 0.15) is 11.4 Å². The van der Waals surface area contributed by atoms with Gasteiger partial charge in [-0.2, -0.15) is 4.98 Å². The lowest BCUT2D eigenvalue weighted by atomic mass is 9.85. The molecular formula is C17H19FN2O4. The standard InChI is InChI=1S/C17H19FN2O4/c1-10-5-6-11(7-12(10)18)13-19-14(24-20-13)17(8-22-9-17)15(21)23-16(2,3)4/h5-7H,8-9H2,1-4H3. The lowest BCUT2D eigenvalue weighted by Gasteiger charge is -2.37. The van der Waals surface area contributed by atoms with E-state index in [1.165, 1.54) is 6.07 Å². The molecule has 0 aliphatic carbocycles. The third-order valence-electron chi connectivity index (χ3n) is 3.75. The van der Waals surface area contributed by atoms with Gasteiger partial charge in [0.05, 0.1) is 13.2 Å². The predicted molar refractivity (Wildman–Crippen MR) is 82.8 cm³/mol. The van der Waals surface area contributed by atoms with Gasteiger partial charge < -0.3 is 14.0 Å². The summed E-state index contributed by atoms with van der Waals surface area (Å²) in [6.45, 7) is 7.26. The van der Waals surface area contributed by atoms with Crippen molar-refractivity contribution in [3.05, 3.63) is 35.5 Å². The molecule has 1 saturated heterocycles. The highest BCUT2D eigenvalue weighted by Crippen LogP contribution is 2.35. The van der Waals surface area contributed by atoms with E-state index in [2.05, 4.69) is 10.1 Å². The summed E-state index contributed by atoms with van der Waals surface area (Å²) in [5.41, 5.74) is -0.725. The van der Waals surface area contributed by atoms with E-state index in [4.69, 9.17) is 14.0 Å². The molecule has 0 bridgehead atoms. The minimum atomic E-state index is -1.10. The van der Waals surface area contributed by atoms with Crippen molar-refractivity contribution in [1.29, 1.82) is 0 Å². The first-order valence-electron chi connectivity index (χ1n) is 7.63. The van der Waals surface area contributed by atoms with Crippen molar-refractivity contribution in [3.8, 4) is 11.4 Å². The summed E-state index contributed by atoms with van der Waals surface area (Å²) < 4.78 is 29.6. The van der Waals surface area contributed by atoms with E-state index in [1.54, 1.807) is 39.8 Å². The van der Waals surface area contributed by atoms with Crippen molar-refractivity contribution in [3.63, 3.8) is 0 Å². The maximum atomic E-state index is 13.7. The van der Waals surface area contributed by atoms with Gasteiger partial charge in [0.15, 0.2) is 5.41 Å². The maximum Gasteiger partial charge on any atom is 0.327 e. The second kappa shape index (κ2) is 5.66. The highest BCUT2D eigenvalue weighted by Gasteiger charge is 2.54. The second-order valence-electron chi connectivity index (χ2n) is 6.96. The first kappa shape index (κ1) is 16.6. The van der Waals surface area contributed by atoms with Crippen LogP contribution in [0.1, 0.15) is 32.2 Å². The molecular weight excluding hydrogens is 315 g/mol. The number of hydrogen-bond acceptors (Lipinski definition) is 6. The number of nitrogens with zero attached hydrogens (tertiary/aromatic N) is 2. The molecule has 0 N–H and O–H groups in total. The van der Waals surface area contributed by atoms with E-state index in [9.17, 15) is 9.18 Å². The van der Waals surface area contributed by atoms with E-state index in [0.717, 1.165) is 0 Å². The molecule has 3 rings (SSSR count). The van der Waals surface area contributed by atoms with Crippen LogP contribution in [0.2, 0.25) is 0 Å². The van der Waals surface area contributed by atoms with Crippen LogP contribution < -0.4 is 0 Å². The summed E-state index contributed by atoms with van der Waals surface area (Å²) in [7, 11) is 0. The Morgan fingerprint density at radius 1 is 1.33 bits per heavy atom. The minimum absolute atomic E-state index is 0.117. The summed E-state index contributed by atoms with van der Waals surface area (Å²) >= 11 is 0. The number of hydrogen-bond donors (Lipinski definition) is 0. The Labute approximate surface area is 139 Å². The number of esters is 1. The van der Waals surface area contributed by atoms with Crippen molar-refractivity contribution in [2.24, 2.45) is 0 Å². The molecule has 7 heteroatoms. The van der Waals surface area contributed by atoms with Crippen LogP contribution in [0, 0.1) is 12.7 Å².